The molecule has 0 unspecified atom stereocenters. The van der Waals surface area contributed by atoms with Crippen LogP contribution in [0, 0.1) is 0 Å². The number of carbonyl (C=O) groups excluding carboxylic acids is 1. The Hall–Kier alpha value is -3.03. The second kappa shape index (κ2) is 10.5. The highest BCUT2D eigenvalue weighted by Crippen LogP contribution is 2.33. The third-order valence-corrected chi connectivity index (χ3v) is 5.82. The molecule has 1 aliphatic rings. The number of ether oxygens (including phenoxy) is 1. The lowest BCUT2D eigenvalue weighted by Gasteiger charge is -2.23. The van der Waals surface area contributed by atoms with Gasteiger partial charge in [-0.3, -0.25) is 4.68 Å². The second-order valence-electron chi connectivity index (χ2n) is 7.92. The molecular formula is C24H28ClN5O2. The minimum Gasteiger partial charge on any atom is -0.493 e. The lowest BCUT2D eigenvalue weighted by molar-refractivity contribution is 0.262. The van der Waals surface area contributed by atoms with Gasteiger partial charge in [-0.1, -0.05) is 18.0 Å². The van der Waals surface area contributed by atoms with Crippen molar-refractivity contribution < 1.29 is 9.53 Å². The van der Waals surface area contributed by atoms with E-state index in [1.54, 1.807) is 35.1 Å². The maximum atomic E-state index is 12.5. The molecule has 3 aromatic rings. The molecule has 2 aromatic carbocycles. The van der Waals surface area contributed by atoms with Crippen molar-refractivity contribution in [3.63, 3.8) is 0 Å². The van der Waals surface area contributed by atoms with Gasteiger partial charge in [0, 0.05) is 41.2 Å². The van der Waals surface area contributed by atoms with Crippen LogP contribution in [0.3, 0.4) is 0 Å². The van der Waals surface area contributed by atoms with Gasteiger partial charge in [0.1, 0.15) is 5.75 Å². The van der Waals surface area contributed by atoms with E-state index in [2.05, 4.69) is 21.0 Å². The summed E-state index contributed by atoms with van der Waals surface area (Å²) >= 11 is 5.90. The van der Waals surface area contributed by atoms with E-state index in [0.717, 1.165) is 30.0 Å². The molecule has 168 valence electrons. The van der Waals surface area contributed by atoms with Crippen LogP contribution in [-0.4, -0.2) is 35.0 Å². The summed E-state index contributed by atoms with van der Waals surface area (Å²) in [5.74, 6) is 0.771. The van der Waals surface area contributed by atoms with Gasteiger partial charge < -0.3 is 20.7 Å². The number of hydrogen-bond acceptors (Lipinski definition) is 4. The Kier molecular flexibility index (Phi) is 7.29. The number of benzene rings is 2. The molecule has 2 amide bonds. The Morgan fingerprint density at radius 3 is 2.66 bits per heavy atom. The van der Waals surface area contributed by atoms with E-state index in [9.17, 15) is 4.79 Å². The van der Waals surface area contributed by atoms with Gasteiger partial charge in [-0.05, 0) is 74.3 Å². The van der Waals surface area contributed by atoms with Gasteiger partial charge >= 0.3 is 6.03 Å². The molecule has 0 aliphatic carbocycles. The van der Waals surface area contributed by atoms with Crippen LogP contribution >= 0.6 is 11.6 Å². The summed E-state index contributed by atoms with van der Waals surface area (Å²) in [6.45, 7) is 1.72. The predicted octanol–water partition coefficient (Wildman–Crippen LogP) is 5.30. The molecular weight excluding hydrogens is 426 g/mol. The first kappa shape index (κ1) is 22.2. The molecule has 1 aromatic heterocycles. The van der Waals surface area contributed by atoms with E-state index >= 15 is 0 Å². The second-order valence-corrected chi connectivity index (χ2v) is 8.36. The number of nitrogens with one attached hydrogen (secondary N) is 3. The van der Waals surface area contributed by atoms with Crippen molar-refractivity contribution >= 4 is 29.0 Å². The summed E-state index contributed by atoms with van der Waals surface area (Å²) in [4.78, 5) is 12.5. The monoisotopic (exact) mass is 453 g/mol. The van der Waals surface area contributed by atoms with Crippen molar-refractivity contribution in [2.45, 2.75) is 31.7 Å². The summed E-state index contributed by atoms with van der Waals surface area (Å²) < 4.78 is 7.96. The SMILES string of the molecule is Cn1nccc1-c1cc(NC(=O)Nc2ccc(Cl)cc2)ccc1OCC[C@H]1CCCCN1. The van der Waals surface area contributed by atoms with Crippen molar-refractivity contribution in [2.75, 3.05) is 23.8 Å². The van der Waals surface area contributed by atoms with Crippen LogP contribution in [0.4, 0.5) is 16.2 Å². The molecule has 0 bridgehead atoms. The van der Waals surface area contributed by atoms with Crippen molar-refractivity contribution in [3.05, 3.63) is 59.8 Å². The van der Waals surface area contributed by atoms with E-state index in [-0.39, 0.29) is 6.03 Å². The number of aryl methyl sites for hydroxylation is 1. The van der Waals surface area contributed by atoms with Gasteiger partial charge in [-0.2, -0.15) is 5.10 Å². The summed E-state index contributed by atoms with van der Waals surface area (Å²) in [6, 6.07) is 14.7. The number of urea groups is 1. The standard InChI is InChI=1S/C24H28ClN5O2/c1-30-22(11-14-27-30)21-16-20(29-24(31)28-19-7-5-17(25)6-8-19)9-10-23(21)32-15-12-18-4-2-3-13-26-18/h5-11,14,16,18,26H,2-4,12-13,15H2,1H3,(H2,28,29,31)/t18-/m1/s1. The number of halogens is 1. The molecule has 8 heteroatoms. The van der Waals surface area contributed by atoms with E-state index in [1.165, 1.54) is 19.3 Å². The Morgan fingerprint density at radius 1 is 1.16 bits per heavy atom. The lowest BCUT2D eigenvalue weighted by atomic mass is 10.0. The fourth-order valence-electron chi connectivity index (χ4n) is 3.88. The zero-order chi connectivity index (χ0) is 22.3. The predicted molar refractivity (Wildman–Crippen MR) is 128 cm³/mol. The first-order valence-electron chi connectivity index (χ1n) is 10.9. The number of piperidine rings is 1. The van der Waals surface area contributed by atoms with E-state index < -0.39 is 0 Å². The van der Waals surface area contributed by atoms with Gasteiger partial charge in [0.15, 0.2) is 0 Å². The molecule has 2 heterocycles. The summed E-state index contributed by atoms with van der Waals surface area (Å²) in [5.41, 5.74) is 3.12. The van der Waals surface area contributed by atoms with Gasteiger partial charge in [0.05, 0.1) is 12.3 Å². The average Bonchev–Trinajstić information content (AvgIpc) is 3.22. The van der Waals surface area contributed by atoms with E-state index in [0.29, 0.717) is 29.0 Å². The lowest BCUT2D eigenvalue weighted by Crippen LogP contribution is -2.35. The highest BCUT2D eigenvalue weighted by atomic mass is 35.5. The minimum atomic E-state index is -0.333. The summed E-state index contributed by atoms with van der Waals surface area (Å²) in [6.07, 6.45) is 6.44. The number of amides is 2. The minimum absolute atomic E-state index is 0.333. The number of nitrogens with zero attached hydrogens (tertiary/aromatic N) is 2. The molecule has 1 saturated heterocycles. The zero-order valence-corrected chi connectivity index (χ0v) is 18.9. The third-order valence-electron chi connectivity index (χ3n) is 5.57. The number of carbonyl (C=O) groups is 1. The van der Waals surface area contributed by atoms with Crippen molar-refractivity contribution in [3.8, 4) is 17.0 Å². The maximum absolute atomic E-state index is 12.5. The molecule has 4 rings (SSSR count). The van der Waals surface area contributed by atoms with Crippen LogP contribution in [-0.2, 0) is 7.05 Å². The quantitative estimate of drug-likeness (QED) is 0.453. The van der Waals surface area contributed by atoms with E-state index in [1.807, 2.05) is 31.3 Å². The maximum Gasteiger partial charge on any atom is 0.323 e. The molecule has 1 aliphatic heterocycles. The fraction of sp³-hybridized carbons (Fsp3) is 0.333. The summed E-state index contributed by atoms with van der Waals surface area (Å²) in [5, 5.41) is 14.1. The normalized spacial score (nSPS) is 15.9. The first-order valence-corrected chi connectivity index (χ1v) is 11.3. The fourth-order valence-corrected chi connectivity index (χ4v) is 4.01. The smallest absolute Gasteiger partial charge is 0.323 e. The van der Waals surface area contributed by atoms with Crippen LogP contribution in [0.25, 0.3) is 11.3 Å². The number of aromatic nitrogens is 2. The van der Waals surface area contributed by atoms with Gasteiger partial charge in [-0.15, -0.1) is 0 Å². The molecule has 3 N–H and O–H groups in total. The number of hydrogen-bond donors (Lipinski definition) is 3. The van der Waals surface area contributed by atoms with Gasteiger partial charge in [0.25, 0.3) is 0 Å². The van der Waals surface area contributed by atoms with E-state index in [4.69, 9.17) is 16.3 Å². The zero-order valence-electron chi connectivity index (χ0n) is 18.1. The van der Waals surface area contributed by atoms with Crippen molar-refractivity contribution in [1.82, 2.24) is 15.1 Å². The molecule has 0 spiro atoms. The highest BCUT2D eigenvalue weighted by Gasteiger charge is 2.15. The molecule has 7 nitrogen and oxygen atoms in total. The first-order chi connectivity index (χ1) is 15.6. The molecule has 1 fully saturated rings. The number of rotatable bonds is 7. The molecule has 32 heavy (non-hydrogen) atoms. The molecule has 0 saturated carbocycles. The van der Waals surface area contributed by atoms with Crippen LogP contribution in [0.2, 0.25) is 5.02 Å². The highest BCUT2D eigenvalue weighted by molar-refractivity contribution is 6.30. The van der Waals surface area contributed by atoms with Gasteiger partial charge in [0.2, 0.25) is 0 Å². The Morgan fingerprint density at radius 2 is 1.94 bits per heavy atom. The van der Waals surface area contributed by atoms with Gasteiger partial charge in [-0.25, -0.2) is 4.79 Å². The van der Waals surface area contributed by atoms with Crippen molar-refractivity contribution in [2.24, 2.45) is 7.05 Å². The Labute approximate surface area is 193 Å². The number of anilines is 2. The molecule has 1 atom stereocenters. The van der Waals surface area contributed by atoms with Crippen LogP contribution in [0.1, 0.15) is 25.7 Å². The largest absolute Gasteiger partial charge is 0.493 e. The average molecular weight is 454 g/mol. The summed E-state index contributed by atoms with van der Waals surface area (Å²) in [7, 11) is 1.89. The topological polar surface area (TPSA) is 80.2 Å². The third kappa shape index (κ3) is 5.81. The Balaban J connectivity index is 1.46. The van der Waals surface area contributed by atoms with Crippen molar-refractivity contribution in [1.29, 1.82) is 0 Å². The Bertz CT molecular complexity index is 1040. The van der Waals surface area contributed by atoms with Crippen LogP contribution in [0.15, 0.2) is 54.7 Å². The molecule has 0 radical (unpaired) electrons. The van der Waals surface area contributed by atoms with Crippen LogP contribution in [0.5, 0.6) is 5.75 Å². The van der Waals surface area contributed by atoms with Crippen LogP contribution < -0.4 is 20.7 Å².